The van der Waals surface area contributed by atoms with Gasteiger partial charge in [-0.15, -0.1) is 0 Å². The summed E-state index contributed by atoms with van der Waals surface area (Å²) >= 11 is 0. The van der Waals surface area contributed by atoms with Crippen molar-refractivity contribution in [1.82, 2.24) is 0 Å². The highest BCUT2D eigenvalue weighted by Crippen LogP contribution is 2.42. The molecule has 1 aliphatic carbocycles. The number of phenols is 1. The maximum Gasteiger partial charge on any atom is 0.196 e. The number of hydrogen-bond donors (Lipinski definition) is 1. The Morgan fingerprint density at radius 3 is 2.55 bits per heavy atom. The van der Waals surface area contributed by atoms with Crippen LogP contribution in [0.1, 0.15) is 46.5 Å². The van der Waals surface area contributed by atoms with Gasteiger partial charge in [0.2, 0.25) is 0 Å². The summed E-state index contributed by atoms with van der Waals surface area (Å²) in [4.78, 5) is 25.8. The zero-order chi connectivity index (χ0) is 16.2. The second-order valence-corrected chi connectivity index (χ2v) is 5.82. The Morgan fingerprint density at radius 2 is 1.91 bits per heavy atom. The van der Waals surface area contributed by atoms with Crippen molar-refractivity contribution in [2.24, 2.45) is 0 Å². The third kappa shape index (κ3) is 1.89. The fraction of sp³-hybridized carbons (Fsp3) is 0.412. The van der Waals surface area contributed by atoms with E-state index in [9.17, 15) is 14.7 Å². The van der Waals surface area contributed by atoms with Crippen LogP contribution in [0.15, 0.2) is 17.2 Å². The summed E-state index contributed by atoms with van der Waals surface area (Å²) in [5.41, 5.74) is 1.81. The molecule has 0 bridgehead atoms. The second kappa shape index (κ2) is 4.95. The van der Waals surface area contributed by atoms with Crippen LogP contribution in [0.5, 0.6) is 11.5 Å². The number of phenolic OH excluding ortho intramolecular Hbond substituents is 1. The molecule has 0 radical (unpaired) electrons. The molecule has 1 aliphatic heterocycles. The number of carbonyl (C=O) groups is 2. The Morgan fingerprint density at radius 1 is 1.23 bits per heavy atom. The molecule has 1 aromatic carbocycles. The van der Waals surface area contributed by atoms with E-state index in [0.717, 1.165) is 0 Å². The lowest BCUT2D eigenvalue weighted by Crippen LogP contribution is -2.36. The summed E-state index contributed by atoms with van der Waals surface area (Å²) in [5.74, 6) is -0.287. The van der Waals surface area contributed by atoms with Gasteiger partial charge in [-0.2, -0.15) is 0 Å². The molecule has 0 aromatic heterocycles. The number of fused-ring (bicyclic) bond motifs is 1. The Kier molecular flexibility index (Phi) is 3.33. The van der Waals surface area contributed by atoms with Crippen LogP contribution in [-0.4, -0.2) is 36.0 Å². The van der Waals surface area contributed by atoms with Crippen LogP contribution in [0.25, 0.3) is 0 Å². The average Bonchev–Trinajstić information content (AvgIpc) is 2.46. The van der Waals surface area contributed by atoms with Crippen LogP contribution >= 0.6 is 0 Å². The normalized spacial score (nSPS) is 24.2. The summed E-state index contributed by atoms with van der Waals surface area (Å²) in [6, 6.07) is 1.38. The first kappa shape index (κ1) is 14.8. The second-order valence-electron chi connectivity index (χ2n) is 5.82. The fourth-order valence-corrected chi connectivity index (χ4v) is 3.34. The molecule has 1 heterocycles. The van der Waals surface area contributed by atoms with Crippen molar-refractivity contribution < 1.29 is 24.2 Å². The molecule has 0 amide bonds. The minimum atomic E-state index is -0.429. The van der Waals surface area contributed by atoms with Crippen molar-refractivity contribution in [3.8, 4) is 11.5 Å². The summed E-state index contributed by atoms with van der Waals surface area (Å²) in [7, 11) is 1.41. The number of carbonyl (C=O) groups excluding carboxylic acids is 2. The minimum absolute atomic E-state index is 0.0473. The van der Waals surface area contributed by atoms with E-state index in [2.05, 4.69) is 0 Å². The molecule has 3 rings (SSSR count). The number of ether oxygens (including phenoxy) is 2. The van der Waals surface area contributed by atoms with Gasteiger partial charge in [0.15, 0.2) is 11.6 Å². The quantitative estimate of drug-likeness (QED) is 0.863. The number of ketones is 2. The Hall–Kier alpha value is -2.14. The Bertz CT molecular complexity index is 729. The average molecular weight is 302 g/mol. The molecule has 5 nitrogen and oxygen atoms in total. The number of aromatic hydroxyl groups is 1. The SMILES string of the molecule is COc1cc(O)c(C)c2c1C(=O)C1=C(C[C@H](C)O[C@@H]1C)C2=O. The fourth-order valence-electron chi connectivity index (χ4n) is 3.34. The summed E-state index contributed by atoms with van der Waals surface area (Å²) in [6.07, 6.45) is -0.144. The zero-order valence-electron chi connectivity index (χ0n) is 13.0. The number of rotatable bonds is 1. The van der Waals surface area contributed by atoms with Crippen molar-refractivity contribution in [2.45, 2.75) is 39.4 Å². The molecule has 0 saturated heterocycles. The van der Waals surface area contributed by atoms with Crippen LogP contribution < -0.4 is 4.74 Å². The van der Waals surface area contributed by atoms with E-state index in [1.807, 2.05) is 6.92 Å². The number of benzene rings is 1. The van der Waals surface area contributed by atoms with E-state index in [0.29, 0.717) is 23.1 Å². The van der Waals surface area contributed by atoms with Gasteiger partial charge in [0.25, 0.3) is 0 Å². The zero-order valence-corrected chi connectivity index (χ0v) is 13.0. The third-order valence-electron chi connectivity index (χ3n) is 4.38. The topological polar surface area (TPSA) is 72.8 Å². The third-order valence-corrected chi connectivity index (χ3v) is 4.38. The van der Waals surface area contributed by atoms with Gasteiger partial charge in [-0.25, -0.2) is 0 Å². The molecule has 2 atom stereocenters. The lowest BCUT2D eigenvalue weighted by atomic mass is 9.77. The van der Waals surface area contributed by atoms with Gasteiger partial charge in [-0.1, -0.05) is 0 Å². The number of Topliss-reactive ketones (excluding diaryl/α,β-unsaturated/α-hetero) is 2. The van der Waals surface area contributed by atoms with E-state index >= 15 is 0 Å². The first-order chi connectivity index (χ1) is 10.4. The maximum absolute atomic E-state index is 12.9. The van der Waals surface area contributed by atoms with E-state index in [4.69, 9.17) is 9.47 Å². The van der Waals surface area contributed by atoms with Crippen molar-refractivity contribution >= 4 is 11.6 Å². The van der Waals surface area contributed by atoms with E-state index in [-0.39, 0.29) is 40.3 Å². The first-order valence-corrected chi connectivity index (χ1v) is 7.25. The smallest absolute Gasteiger partial charge is 0.196 e. The molecule has 116 valence electrons. The molecule has 5 heteroatoms. The van der Waals surface area contributed by atoms with E-state index in [1.165, 1.54) is 13.2 Å². The monoisotopic (exact) mass is 302 g/mol. The van der Waals surface area contributed by atoms with Gasteiger partial charge in [0.1, 0.15) is 11.5 Å². The van der Waals surface area contributed by atoms with Gasteiger partial charge in [0, 0.05) is 34.8 Å². The molecule has 1 N–H and O–H groups in total. The lowest BCUT2D eigenvalue weighted by Gasteiger charge is -2.33. The van der Waals surface area contributed by atoms with Gasteiger partial charge >= 0.3 is 0 Å². The van der Waals surface area contributed by atoms with Crippen LogP contribution in [0.3, 0.4) is 0 Å². The van der Waals surface area contributed by atoms with Gasteiger partial charge < -0.3 is 14.6 Å². The predicted octanol–water partition coefficient (Wildman–Crippen LogP) is 2.58. The summed E-state index contributed by atoms with van der Waals surface area (Å²) in [6.45, 7) is 5.29. The highest BCUT2D eigenvalue weighted by Gasteiger charge is 2.41. The van der Waals surface area contributed by atoms with Crippen LogP contribution in [0.2, 0.25) is 0 Å². The van der Waals surface area contributed by atoms with Crippen LogP contribution in [0, 0.1) is 6.92 Å². The van der Waals surface area contributed by atoms with Crippen molar-refractivity contribution in [2.75, 3.05) is 7.11 Å². The van der Waals surface area contributed by atoms with E-state index in [1.54, 1.807) is 13.8 Å². The van der Waals surface area contributed by atoms with Gasteiger partial charge in [0.05, 0.1) is 24.9 Å². The largest absolute Gasteiger partial charge is 0.508 e. The lowest BCUT2D eigenvalue weighted by molar-refractivity contribution is 0.0148. The van der Waals surface area contributed by atoms with Crippen LogP contribution in [-0.2, 0) is 4.74 Å². The van der Waals surface area contributed by atoms with Crippen molar-refractivity contribution in [3.63, 3.8) is 0 Å². The standard InChI is InChI=1S/C17H18O5/c1-7-5-10-14(9(3)22-7)17(20)15-12(21-4)6-11(18)8(2)13(15)16(10)19/h6-7,9,18H,5H2,1-4H3/t7-,9+/m0/s1. The number of hydrogen-bond acceptors (Lipinski definition) is 5. The highest BCUT2D eigenvalue weighted by molar-refractivity contribution is 6.29. The molecule has 0 spiro atoms. The molecule has 2 aliphatic rings. The van der Waals surface area contributed by atoms with Crippen molar-refractivity contribution in [1.29, 1.82) is 0 Å². The molecule has 1 aromatic rings. The number of methoxy groups -OCH3 is 1. The van der Waals surface area contributed by atoms with E-state index < -0.39 is 6.10 Å². The molecule has 22 heavy (non-hydrogen) atoms. The maximum atomic E-state index is 12.9. The molecule has 0 saturated carbocycles. The summed E-state index contributed by atoms with van der Waals surface area (Å²) in [5, 5.41) is 10.0. The van der Waals surface area contributed by atoms with Gasteiger partial charge in [-0.05, 0) is 20.8 Å². The first-order valence-electron chi connectivity index (χ1n) is 7.25. The molecular weight excluding hydrogens is 284 g/mol. The summed E-state index contributed by atoms with van der Waals surface area (Å²) < 4.78 is 10.9. The highest BCUT2D eigenvalue weighted by atomic mass is 16.5. The van der Waals surface area contributed by atoms with Crippen LogP contribution in [0.4, 0.5) is 0 Å². The minimum Gasteiger partial charge on any atom is -0.508 e. The molecule has 0 fully saturated rings. The Labute approximate surface area is 128 Å². The molecular formula is C17H18O5. The predicted molar refractivity (Wildman–Crippen MR) is 79.7 cm³/mol. The molecule has 0 unspecified atom stereocenters. The Balaban J connectivity index is 2.31. The van der Waals surface area contributed by atoms with Crippen molar-refractivity contribution in [3.05, 3.63) is 33.9 Å². The van der Waals surface area contributed by atoms with Gasteiger partial charge in [-0.3, -0.25) is 9.59 Å².